The Balaban J connectivity index is 1.44. The van der Waals surface area contributed by atoms with Crippen LogP contribution in [0.5, 0.6) is 17.2 Å². The van der Waals surface area contributed by atoms with Gasteiger partial charge in [-0.05, 0) is 55.7 Å². The summed E-state index contributed by atoms with van der Waals surface area (Å²) in [4.78, 5) is 25.1. The molecule has 0 aliphatic heterocycles. The number of pyridine rings is 1. The van der Waals surface area contributed by atoms with Gasteiger partial charge >= 0.3 is 0 Å². The Kier molecular flexibility index (Phi) is 11.3. The Labute approximate surface area is 321 Å². The average molecular weight is 768 g/mol. The number of nitrogens with zero attached hydrogens (tertiary/aromatic N) is 6. The second kappa shape index (κ2) is 15.7. The first-order chi connectivity index (χ1) is 25.7. The maximum atomic E-state index is 13.9. The quantitative estimate of drug-likeness (QED) is 0.109. The van der Waals surface area contributed by atoms with E-state index in [4.69, 9.17) is 33.7 Å². The van der Waals surface area contributed by atoms with Gasteiger partial charge in [0.25, 0.3) is 5.91 Å². The van der Waals surface area contributed by atoms with E-state index in [0.29, 0.717) is 48.4 Å². The average Bonchev–Trinajstić information content (AvgIpc) is 3.85. The molecule has 1 amide bonds. The normalized spacial score (nSPS) is 12.0. The van der Waals surface area contributed by atoms with E-state index in [1.54, 1.807) is 37.2 Å². The van der Waals surface area contributed by atoms with Gasteiger partial charge in [0.1, 0.15) is 51.6 Å². The highest BCUT2D eigenvalue weighted by molar-refractivity contribution is 7.15. The Morgan fingerprint density at radius 1 is 0.981 bits per heavy atom. The lowest BCUT2D eigenvalue weighted by atomic mass is 10.1. The van der Waals surface area contributed by atoms with Gasteiger partial charge in [-0.2, -0.15) is 10.2 Å². The van der Waals surface area contributed by atoms with Crippen molar-refractivity contribution in [3.05, 3.63) is 88.2 Å². The summed E-state index contributed by atoms with van der Waals surface area (Å²) in [6.45, 7) is 16.7. The minimum Gasteiger partial charge on any atom is -0.497 e. The van der Waals surface area contributed by atoms with E-state index in [0.717, 1.165) is 43.3 Å². The van der Waals surface area contributed by atoms with Crippen LogP contribution in [0.1, 0.15) is 59.9 Å². The van der Waals surface area contributed by atoms with Gasteiger partial charge in [0.2, 0.25) is 0 Å². The number of carbonyl (C=O) groups excluding carboxylic acids is 1. The van der Waals surface area contributed by atoms with Gasteiger partial charge in [0, 0.05) is 37.2 Å². The molecule has 0 bridgehead atoms. The fourth-order valence-corrected chi connectivity index (χ4v) is 7.87. The van der Waals surface area contributed by atoms with Gasteiger partial charge in [-0.3, -0.25) is 14.2 Å². The highest BCUT2D eigenvalue weighted by Crippen LogP contribution is 2.43. The van der Waals surface area contributed by atoms with E-state index in [9.17, 15) is 4.79 Å². The van der Waals surface area contributed by atoms with Crippen molar-refractivity contribution in [3.63, 3.8) is 0 Å². The molecule has 4 heterocycles. The molecule has 4 aromatic heterocycles. The maximum absolute atomic E-state index is 13.9. The number of hydrogen-bond acceptors (Lipinski definition) is 10. The fraction of sp³-hybridized carbons (Fsp3) is 0.375. The molecule has 0 unspecified atom stereocenters. The van der Waals surface area contributed by atoms with Gasteiger partial charge in [0.05, 0.1) is 37.4 Å². The fourth-order valence-electron chi connectivity index (χ4n) is 5.81. The van der Waals surface area contributed by atoms with Crippen LogP contribution in [0.3, 0.4) is 0 Å². The Morgan fingerprint density at radius 3 is 2.43 bits per heavy atom. The van der Waals surface area contributed by atoms with Gasteiger partial charge in [-0.15, -0.1) is 11.3 Å². The van der Waals surface area contributed by atoms with Crippen molar-refractivity contribution in [1.29, 1.82) is 0 Å². The van der Waals surface area contributed by atoms with Crippen molar-refractivity contribution in [2.75, 3.05) is 14.2 Å². The number of methoxy groups -OCH3 is 2. The van der Waals surface area contributed by atoms with E-state index in [1.165, 1.54) is 11.3 Å². The Morgan fingerprint density at radius 2 is 1.74 bits per heavy atom. The van der Waals surface area contributed by atoms with Crippen LogP contribution in [0.4, 0.5) is 0 Å². The lowest BCUT2D eigenvalue weighted by molar-refractivity contribution is 0.0946. The van der Waals surface area contributed by atoms with Crippen LogP contribution in [0, 0.1) is 6.92 Å². The molecule has 6 aromatic rings. The monoisotopic (exact) mass is 767 g/mol. The van der Waals surface area contributed by atoms with Crippen molar-refractivity contribution in [1.82, 2.24) is 34.8 Å². The summed E-state index contributed by atoms with van der Waals surface area (Å²) in [6, 6.07) is 17.3. The molecular formula is C40H49N7O5SSi. The number of fused-ring (bicyclic) bond motifs is 1. The summed E-state index contributed by atoms with van der Waals surface area (Å²) >= 11 is 1.54. The number of rotatable bonds is 14. The van der Waals surface area contributed by atoms with E-state index in [2.05, 4.69) is 51.2 Å². The van der Waals surface area contributed by atoms with Crippen molar-refractivity contribution < 1.29 is 23.4 Å². The molecule has 284 valence electrons. The van der Waals surface area contributed by atoms with Gasteiger partial charge < -0.3 is 24.0 Å². The number of aromatic nitrogens is 6. The lowest BCUT2D eigenvalue weighted by Crippen LogP contribution is -2.40. The number of ether oxygens (including phenoxy) is 3. The summed E-state index contributed by atoms with van der Waals surface area (Å²) in [5.74, 6) is 1.61. The molecule has 0 saturated carbocycles. The second-order valence-electron chi connectivity index (χ2n) is 14.6. The summed E-state index contributed by atoms with van der Waals surface area (Å²) in [5.41, 5.74) is 5.60. The third kappa shape index (κ3) is 7.91. The number of nitrogens with one attached hydrogen (secondary N) is 1. The molecule has 0 spiro atoms. The number of hydrogen-bond donors (Lipinski definition) is 1. The first-order valence-corrected chi connectivity index (χ1v) is 21.7. The minimum atomic E-state index is -2.17. The summed E-state index contributed by atoms with van der Waals surface area (Å²) < 4.78 is 27.9. The Bertz CT molecular complexity index is 2270. The Hall–Kier alpha value is -5.05. The zero-order valence-electron chi connectivity index (χ0n) is 32.7. The maximum Gasteiger partial charge on any atom is 0.270 e. The standard InChI is InChI=1S/C40H49N7O5SSi/c1-11-47-36(37(25(2)45-47)51-23-26-15-13-12-14-16-26)39-44-35(33(53-39)24-52-54(9,10)40(3,4)5)34-29-22-42-46(6)31(29)20-30(43-34)38(48)41-21-27-17-18-28(49-7)19-32(27)50-8/h12-20,22H,11,21,23-24H2,1-10H3,(H,41,48). The number of amides is 1. The molecule has 0 aliphatic carbocycles. The third-order valence-corrected chi connectivity index (χ3v) is 15.5. The van der Waals surface area contributed by atoms with Crippen LogP contribution in [0.2, 0.25) is 18.1 Å². The number of thiazole rings is 1. The molecular weight excluding hydrogens is 719 g/mol. The van der Waals surface area contributed by atoms with Crippen LogP contribution < -0.4 is 19.5 Å². The summed E-state index contributed by atoms with van der Waals surface area (Å²) in [5, 5.41) is 13.9. The largest absolute Gasteiger partial charge is 0.497 e. The van der Waals surface area contributed by atoms with Crippen LogP contribution >= 0.6 is 11.3 Å². The molecule has 0 atom stereocenters. The molecule has 12 nitrogen and oxygen atoms in total. The van der Waals surface area contributed by atoms with Crippen molar-refractivity contribution in [2.24, 2.45) is 7.05 Å². The molecule has 2 aromatic carbocycles. The third-order valence-electron chi connectivity index (χ3n) is 10.0. The predicted molar refractivity (Wildman–Crippen MR) is 215 cm³/mol. The van der Waals surface area contributed by atoms with E-state index < -0.39 is 8.32 Å². The van der Waals surface area contributed by atoms with Crippen LogP contribution in [-0.2, 0) is 37.8 Å². The van der Waals surface area contributed by atoms with Gasteiger partial charge in [-0.1, -0.05) is 51.1 Å². The molecule has 0 aliphatic rings. The van der Waals surface area contributed by atoms with Crippen LogP contribution in [-0.4, -0.2) is 58.0 Å². The van der Waals surface area contributed by atoms with Crippen LogP contribution in [0.15, 0.2) is 60.8 Å². The van der Waals surface area contributed by atoms with Gasteiger partial charge in [-0.25, -0.2) is 9.97 Å². The van der Waals surface area contributed by atoms with Crippen molar-refractivity contribution in [2.45, 2.75) is 79.1 Å². The molecule has 54 heavy (non-hydrogen) atoms. The van der Waals surface area contributed by atoms with Crippen molar-refractivity contribution in [3.8, 4) is 39.3 Å². The zero-order valence-corrected chi connectivity index (χ0v) is 34.6. The second-order valence-corrected chi connectivity index (χ2v) is 20.5. The molecule has 0 saturated heterocycles. The van der Waals surface area contributed by atoms with E-state index in [-0.39, 0.29) is 23.2 Å². The first kappa shape index (κ1) is 38.7. The molecule has 14 heteroatoms. The molecule has 0 radical (unpaired) electrons. The number of carbonyl (C=O) groups is 1. The minimum absolute atomic E-state index is 0.00346. The number of aryl methyl sites for hydroxylation is 3. The van der Waals surface area contributed by atoms with Gasteiger partial charge in [0.15, 0.2) is 14.1 Å². The molecule has 1 N–H and O–H groups in total. The highest BCUT2D eigenvalue weighted by Gasteiger charge is 2.38. The molecule has 0 fully saturated rings. The predicted octanol–water partition coefficient (Wildman–Crippen LogP) is 8.33. The smallest absolute Gasteiger partial charge is 0.270 e. The SMILES string of the molecule is CCn1nc(C)c(OCc2ccccc2)c1-c1nc(-c2nc(C(=O)NCc3ccc(OC)cc3OC)cc3c2cnn3C)c(CO[Si](C)(C)C(C)(C)C)s1. The van der Waals surface area contributed by atoms with E-state index >= 15 is 0 Å². The zero-order chi connectivity index (χ0) is 38.8. The summed E-state index contributed by atoms with van der Waals surface area (Å²) in [6.07, 6.45) is 1.77. The topological polar surface area (TPSA) is 127 Å². The van der Waals surface area contributed by atoms with Crippen molar-refractivity contribution >= 4 is 36.5 Å². The lowest BCUT2D eigenvalue weighted by Gasteiger charge is -2.36. The molecule has 6 rings (SSSR count). The number of benzene rings is 2. The highest BCUT2D eigenvalue weighted by atomic mass is 32.1. The summed E-state index contributed by atoms with van der Waals surface area (Å²) in [7, 11) is 2.86. The van der Waals surface area contributed by atoms with E-state index in [1.807, 2.05) is 61.1 Å². The van der Waals surface area contributed by atoms with Crippen LogP contribution in [0.25, 0.3) is 33.0 Å². The first-order valence-electron chi connectivity index (χ1n) is 17.9.